The van der Waals surface area contributed by atoms with Gasteiger partial charge in [0.2, 0.25) is 5.91 Å². The van der Waals surface area contributed by atoms with Crippen molar-refractivity contribution in [3.8, 4) is 5.75 Å². The monoisotopic (exact) mass is 267 g/mol. The Morgan fingerprint density at radius 1 is 1.35 bits per heavy atom. The molecule has 4 nitrogen and oxygen atoms in total. The number of methoxy groups -OCH3 is 1. The molecule has 1 radical (unpaired) electrons. The molecule has 2 aromatic rings. The number of nitrogens with zero attached hydrogens (tertiary/aromatic N) is 1. The van der Waals surface area contributed by atoms with E-state index < -0.39 is 0 Å². The molecule has 4 heteroatoms. The molecule has 0 aromatic heterocycles. The molecule has 20 heavy (non-hydrogen) atoms. The Hall–Kier alpha value is -2.62. The number of carbonyl (C=O) groups is 1. The van der Waals surface area contributed by atoms with Gasteiger partial charge >= 0.3 is 0 Å². The fraction of sp³-hybridized carbons (Fsp3) is 0.125. The third-order valence-corrected chi connectivity index (χ3v) is 2.62. The number of ether oxygens (including phenoxy) is 1. The smallest absolute Gasteiger partial charge is 0.244 e. The van der Waals surface area contributed by atoms with Crippen LogP contribution in [0.4, 0.5) is 0 Å². The van der Waals surface area contributed by atoms with E-state index in [-0.39, 0.29) is 12.3 Å². The van der Waals surface area contributed by atoms with Crippen LogP contribution in [-0.2, 0) is 11.2 Å². The molecule has 0 fully saturated rings. The van der Waals surface area contributed by atoms with Crippen molar-refractivity contribution >= 4 is 12.1 Å². The van der Waals surface area contributed by atoms with Crippen LogP contribution in [-0.4, -0.2) is 19.2 Å². The fourth-order valence-corrected chi connectivity index (χ4v) is 1.67. The highest BCUT2D eigenvalue weighted by Crippen LogP contribution is 2.12. The van der Waals surface area contributed by atoms with Crippen molar-refractivity contribution in [2.75, 3.05) is 7.11 Å². The van der Waals surface area contributed by atoms with E-state index in [2.05, 4.69) is 16.6 Å². The van der Waals surface area contributed by atoms with E-state index in [1.165, 1.54) is 0 Å². The zero-order valence-electron chi connectivity index (χ0n) is 11.2. The minimum Gasteiger partial charge on any atom is -0.497 e. The molecule has 101 valence electrons. The predicted molar refractivity (Wildman–Crippen MR) is 77.7 cm³/mol. The zero-order chi connectivity index (χ0) is 14.2. The molecule has 0 spiro atoms. The average Bonchev–Trinajstić information content (AvgIpc) is 2.48. The van der Waals surface area contributed by atoms with E-state index in [9.17, 15) is 4.79 Å². The second-order valence-electron chi connectivity index (χ2n) is 4.14. The minimum absolute atomic E-state index is 0.176. The van der Waals surface area contributed by atoms with Crippen molar-refractivity contribution in [3.05, 3.63) is 65.7 Å². The number of benzene rings is 2. The molecule has 1 amide bonds. The van der Waals surface area contributed by atoms with Gasteiger partial charge in [-0.05, 0) is 23.8 Å². The Bertz CT molecular complexity index is 594. The van der Waals surface area contributed by atoms with Gasteiger partial charge in [0.15, 0.2) is 0 Å². The van der Waals surface area contributed by atoms with Gasteiger partial charge in [-0.1, -0.05) is 36.4 Å². The van der Waals surface area contributed by atoms with Gasteiger partial charge in [0.05, 0.1) is 19.7 Å². The summed E-state index contributed by atoms with van der Waals surface area (Å²) in [5, 5.41) is 3.89. The molecule has 0 saturated carbocycles. The van der Waals surface area contributed by atoms with Gasteiger partial charge in [0, 0.05) is 5.56 Å². The van der Waals surface area contributed by atoms with Crippen molar-refractivity contribution < 1.29 is 9.53 Å². The number of nitrogens with one attached hydrogen (secondary N) is 1. The first-order valence-corrected chi connectivity index (χ1v) is 6.19. The number of rotatable bonds is 5. The first-order chi connectivity index (χ1) is 9.78. The third kappa shape index (κ3) is 4.24. The Morgan fingerprint density at radius 3 is 3.00 bits per heavy atom. The van der Waals surface area contributed by atoms with E-state index in [0.29, 0.717) is 0 Å². The summed E-state index contributed by atoms with van der Waals surface area (Å²) < 4.78 is 5.11. The molecule has 0 unspecified atom stereocenters. The van der Waals surface area contributed by atoms with Crippen LogP contribution in [0, 0.1) is 6.07 Å². The topological polar surface area (TPSA) is 50.7 Å². The minimum atomic E-state index is -0.176. The number of amides is 1. The lowest BCUT2D eigenvalue weighted by atomic mass is 10.1. The number of carbonyl (C=O) groups excluding carboxylic acids is 1. The van der Waals surface area contributed by atoms with Gasteiger partial charge in [-0.2, -0.15) is 5.10 Å². The Labute approximate surface area is 118 Å². The summed E-state index contributed by atoms with van der Waals surface area (Å²) in [4.78, 5) is 11.7. The van der Waals surface area contributed by atoms with Gasteiger partial charge in [0.25, 0.3) is 0 Å². The lowest BCUT2D eigenvalue weighted by molar-refractivity contribution is -0.120. The summed E-state index contributed by atoms with van der Waals surface area (Å²) in [6, 6.07) is 17.8. The Morgan fingerprint density at radius 2 is 2.25 bits per heavy atom. The normalized spacial score (nSPS) is 10.4. The molecule has 0 aliphatic carbocycles. The van der Waals surface area contributed by atoms with Crippen molar-refractivity contribution in [1.29, 1.82) is 0 Å². The van der Waals surface area contributed by atoms with Gasteiger partial charge in [0.1, 0.15) is 5.75 Å². The van der Waals surface area contributed by atoms with Gasteiger partial charge < -0.3 is 4.74 Å². The molecule has 0 heterocycles. The summed E-state index contributed by atoms with van der Waals surface area (Å²) in [5.41, 5.74) is 4.18. The maximum Gasteiger partial charge on any atom is 0.244 e. The van der Waals surface area contributed by atoms with Crippen molar-refractivity contribution in [1.82, 2.24) is 5.43 Å². The number of hydrogen-bond donors (Lipinski definition) is 1. The Balaban J connectivity index is 1.88. The van der Waals surface area contributed by atoms with Crippen LogP contribution >= 0.6 is 0 Å². The summed E-state index contributed by atoms with van der Waals surface area (Å²) >= 11 is 0. The maximum absolute atomic E-state index is 11.7. The first-order valence-electron chi connectivity index (χ1n) is 6.19. The molecule has 2 aromatic carbocycles. The molecule has 2 rings (SSSR count). The predicted octanol–water partition coefficient (Wildman–Crippen LogP) is 2.19. The summed E-state index contributed by atoms with van der Waals surface area (Å²) in [6.07, 6.45) is 1.82. The molecular formula is C16H15N2O2. The average molecular weight is 267 g/mol. The summed E-state index contributed by atoms with van der Waals surface area (Å²) in [7, 11) is 1.60. The first kappa shape index (κ1) is 13.8. The van der Waals surface area contributed by atoms with Crippen LogP contribution < -0.4 is 10.2 Å². The van der Waals surface area contributed by atoms with Crippen LogP contribution in [0.25, 0.3) is 0 Å². The lowest BCUT2D eigenvalue weighted by Gasteiger charge is -2.03. The van der Waals surface area contributed by atoms with Crippen LogP contribution in [0.3, 0.4) is 0 Å². The van der Waals surface area contributed by atoms with E-state index in [1.54, 1.807) is 19.4 Å². The van der Waals surface area contributed by atoms with Crippen molar-refractivity contribution in [3.63, 3.8) is 0 Å². The summed E-state index contributed by atoms with van der Waals surface area (Å²) in [6.45, 7) is 0. The van der Waals surface area contributed by atoms with E-state index in [4.69, 9.17) is 4.74 Å². The number of hydrogen-bond acceptors (Lipinski definition) is 3. The molecule has 0 aliphatic rings. The van der Waals surface area contributed by atoms with Crippen LogP contribution in [0.15, 0.2) is 53.6 Å². The lowest BCUT2D eigenvalue weighted by Crippen LogP contribution is -2.19. The third-order valence-electron chi connectivity index (χ3n) is 2.62. The maximum atomic E-state index is 11.7. The van der Waals surface area contributed by atoms with Gasteiger partial charge in [-0.3, -0.25) is 4.79 Å². The van der Waals surface area contributed by atoms with Gasteiger partial charge in [-0.25, -0.2) is 5.43 Å². The van der Waals surface area contributed by atoms with E-state index in [0.717, 1.165) is 16.9 Å². The molecule has 0 saturated heterocycles. The zero-order valence-corrected chi connectivity index (χ0v) is 11.2. The van der Waals surface area contributed by atoms with E-state index >= 15 is 0 Å². The van der Waals surface area contributed by atoms with Crippen LogP contribution in [0.2, 0.25) is 0 Å². The Kier molecular flexibility index (Phi) is 4.89. The second kappa shape index (κ2) is 7.09. The standard InChI is InChI=1S/C16H15N2O2/c1-20-15-9-5-8-14(10-15)11-16(19)18-17-12-13-6-3-2-4-7-13/h2-6,8-10,12H,11H2,1H3,(H,18,19)/b17-12+. The fourth-order valence-electron chi connectivity index (χ4n) is 1.67. The van der Waals surface area contributed by atoms with Crippen molar-refractivity contribution in [2.24, 2.45) is 5.10 Å². The second-order valence-corrected chi connectivity index (χ2v) is 4.14. The SMILES string of the molecule is COc1cccc(CC(=O)N/N=C/c2[c]cccc2)c1. The quantitative estimate of drug-likeness (QED) is 0.667. The molecule has 0 atom stereocenters. The van der Waals surface area contributed by atoms with Crippen LogP contribution in [0.1, 0.15) is 11.1 Å². The van der Waals surface area contributed by atoms with Crippen LogP contribution in [0.5, 0.6) is 5.75 Å². The number of hydrazone groups is 1. The summed E-state index contributed by atoms with van der Waals surface area (Å²) in [5.74, 6) is 0.558. The van der Waals surface area contributed by atoms with Crippen molar-refractivity contribution in [2.45, 2.75) is 6.42 Å². The highest BCUT2D eigenvalue weighted by molar-refractivity contribution is 5.83. The molecule has 0 bridgehead atoms. The highest BCUT2D eigenvalue weighted by atomic mass is 16.5. The molecule has 0 aliphatic heterocycles. The molecular weight excluding hydrogens is 252 g/mol. The van der Waals surface area contributed by atoms with E-state index in [1.807, 2.05) is 42.5 Å². The highest BCUT2D eigenvalue weighted by Gasteiger charge is 2.03. The van der Waals surface area contributed by atoms with Gasteiger partial charge in [-0.15, -0.1) is 0 Å². The largest absolute Gasteiger partial charge is 0.497 e. The molecule has 1 N–H and O–H groups in total.